The highest BCUT2D eigenvalue weighted by atomic mass is 35.5. The quantitative estimate of drug-likeness (QED) is 0.795. The molecule has 1 heterocycles. The van der Waals surface area contributed by atoms with E-state index in [0.717, 1.165) is 49.2 Å². The monoisotopic (exact) mass is 355 g/mol. The highest BCUT2D eigenvalue weighted by Crippen LogP contribution is 2.33. The minimum absolute atomic E-state index is 0.000362. The zero-order chi connectivity index (χ0) is 17.1. The molecule has 0 spiro atoms. The minimum atomic E-state index is -0.745. The van der Waals surface area contributed by atoms with Gasteiger partial charge in [0.05, 0.1) is 0 Å². The van der Waals surface area contributed by atoms with Gasteiger partial charge in [-0.1, -0.05) is 17.7 Å². The first kappa shape index (κ1) is 17.1. The SMILES string of the molecule is Fc1ccc(COc2c(F)ccc(F)c2Cl)c(C2CCNCC2)c1. The lowest BCUT2D eigenvalue weighted by Gasteiger charge is -2.25. The minimum Gasteiger partial charge on any atom is -0.484 e. The zero-order valence-electron chi connectivity index (χ0n) is 12.9. The van der Waals surface area contributed by atoms with Crippen LogP contribution in [0.1, 0.15) is 29.9 Å². The van der Waals surface area contributed by atoms with E-state index in [9.17, 15) is 13.2 Å². The van der Waals surface area contributed by atoms with Crippen LogP contribution in [0.2, 0.25) is 5.02 Å². The number of halogens is 4. The fourth-order valence-electron chi connectivity index (χ4n) is 3.00. The highest BCUT2D eigenvalue weighted by Gasteiger charge is 2.20. The van der Waals surface area contributed by atoms with E-state index >= 15 is 0 Å². The maximum Gasteiger partial charge on any atom is 0.177 e. The van der Waals surface area contributed by atoms with E-state index in [1.807, 2.05) is 0 Å². The molecule has 0 aromatic heterocycles. The Hall–Kier alpha value is -1.72. The lowest BCUT2D eigenvalue weighted by molar-refractivity contribution is 0.286. The standard InChI is InChI=1S/C18H17ClF3NO/c19-17-15(21)3-4-16(22)18(17)24-10-12-1-2-13(20)9-14(12)11-5-7-23-8-6-11/h1-4,9,11,23H,5-8,10H2. The van der Waals surface area contributed by atoms with E-state index in [1.165, 1.54) is 12.1 Å². The first-order chi connectivity index (χ1) is 11.6. The summed E-state index contributed by atoms with van der Waals surface area (Å²) in [5.74, 6) is -1.90. The molecule has 0 amide bonds. The van der Waals surface area contributed by atoms with Crippen LogP contribution in [0.5, 0.6) is 5.75 Å². The van der Waals surface area contributed by atoms with Gasteiger partial charge in [-0.05, 0) is 67.2 Å². The molecule has 24 heavy (non-hydrogen) atoms. The van der Waals surface area contributed by atoms with Crippen molar-refractivity contribution < 1.29 is 17.9 Å². The first-order valence-corrected chi connectivity index (χ1v) is 8.19. The fourth-order valence-corrected chi connectivity index (χ4v) is 3.21. The second-order valence-electron chi connectivity index (χ2n) is 5.83. The zero-order valence-corrected chi connectivity index (χ0v) is 13.7. The average Bonchev–Trinajstić information content (AvgIpc) is 2.60. The van der Waals surface area contributed by atoms with Crippen LogP contribution in [-0.2, 0) is 6.61 Å². The molecule has 1 aliphatic rings. The molecule has 6 heteroatoms. The van der Waals surface area contributed by atoms with Crippen LogP contribution in [0.25, 0.3) is 0 Å². The summed E-state index contributed by atoms with van der Waals surface area (Å²) in [6.45, 7) is 1.73. The molecule has 0 bridgehead atoms. The number of nitrogens with one attached hydrogen (secondary N) is 1. The topological polar surface area (TPSA) is 21.3 Å². The molecule has 0 radical (unpaired) electrons. The third kappa shape index (κ3) is 3.68. The van der Waals surface area contributed by atoms with Gasteiger partial charge in [0.25, 0.3) is 0 Å². The molecule has 128 valence electrons. The highest BCUT2D eigenvalue weighted by molar-refractivity contribution is 6.32. The van der Waals surface area contributed by atoms with E-state index in [0.29, 0.717) is 0 Å². The molecule has 0 aliphatic carbocycles. The number of hydrogen-bond donors (Lipinski definition) is 1. The molecule has 1 aliphatic heterocycles. The number of piperidine rings is 1. The van der Waals surface area contributed by atoms with Gasteiger partial charge in [-0.3, -0.25) is 0 Å². The molecular weight excluding hydrogens is 339 g/mol. The fraction of sp³-hybridized carbons (Fsp3) is 0.333. The van der Waals surface area contributed by atoms with Crippen molar-refractivity contribution in [2.24, 2.45) is 0 Å². The molecule has 1 N–H and O–H groups in total. The maximum atomic E-state index is 13.8. The van der Waals surface area contributed by atoms with Crippen molar-refractivity contribution in [3.63, 3.8) is 0 Å². The Morgan fingerprint density at radius 2 is 1.75 bits per heavy atom. The number of benzene rings is 2. The summed E-state index contributed by atoms with van der Waals surface area (Å²) in [5, 5.41) is 2.88. The van der Waals surface area contributed by atoms with Gasteiger partial charge in [0.15, 0.2) is 11.6 Å². The summed E-state index contributed by atoms with van der Waals surface area (Å²) in [7, 11) is 0. The van der Waals surface area contributed by atoms with Crippen molar-refractivity contribution in [3.8, 4) is 5.75 Å². The van der Waals surface area contributed by atoms with Gasteiger partial charge < -0.3 is 10.1 Å². The largest absolute Gasteiger partial charge is 0.484 e. The molecule has 1 fully saturated rings. The van der Waals surface area contributed by atoms with Crippen LogP contribution in [-0.4, -0.2) is 13.1 Å². The molecule has 0 atom stereocenters. The smallest absolute Gasteiger partial charge is 0.177 e. The van der Waals surface area contributed by atoms with Crippen molar-refractivity contribution in [2.45, 2.75) is 25.4 Å². The molecule has 2 aromatic carbocycles. The summed E-state index contributed by atoms with van der Waals surface area (Å²) < 4.78 is 46.4. The summed E-state index contributed by atoms with van der Waals surface area (Å²) in [6, 6.07) is 6.38. The molecule has 2 nitrogen and oxygen atoms in total. The summed E-state index contributed by atoms with van der Waals surface area (Å²) >= 11 is 5.77. The second kappa shape index (κ2) is 7.45. The summed E-state index contributed by atoms with van der Waals surface area (Å²) in [6.07, 6.45) is 1.79. The summed E-state index contributed by atoms with van der Waals surface area (Å²) in [5.41, 5.74) is 1.60. The Balaban J connectivity index is 1.84. The normalized spacial score (nSPS) is 15.5. The predicted octanol–water partition coefficient (Wildman–Crippen LogP) is 4.80. The predicted molar refractivity (Wildman–Crippen MR) is 86.9 cm³/mol. The molecule has 2 aromatic rings. The number of hydrogen-bond acceptors (Lipinski definition) is 2. The number of ether oxygens (including phenoxy) is 1. The molecule has 3 rings (SSSR count). The van der Waals surface area contributed by atoms with Crippen molar-refractivity contribution in [2.75, 3.05) is 13.1 Å². The molecule has 1 saturated heterocycles. The van der Waals surface area contributed by atoms with E-state index in [2.05, 4.69) is 5.32 Å². The van der Waals surface area contributed by atoms with E-state index in [-0.39, 0.29) is 29.1 Å². The van der Waals surface area contributed by atoms with Crippen LogP contribution in [0.15, 0.2) is 30.3 Å². The van der Waals surface area contributed by atoms with Gasteiger partial charge in [0.2, 0.25) is 0 Å². The van der Waals surface area contributed by atoms with E-state index in [4.69, 9.17) is 16.3 Å². The van der Waals surface area contributed by atoms with Crippen LogP contribution in [0.3, 0.4) is 0 Å². The molecule has 0 saturated carbocycles. The van der Waals surface area contributed by atoms with Gasteiger partial charge in [-0.2, -0.15) is 0 Å². The van der Waals surface area contributed by atoms with E-state index in [1.54, 1.807) is 6.07 Å². The third-order valence-corrected chi connectivity index (χ3v) is 4.61. The van der Waals surface area contributed by atoms with Crippen molar-refractivity contribution in [1.82, 2.24) is 5.32 Å². The van der Waals surface area contributed by atoms with Crippen LogP contribution >= 0.6 is 11.6 Å². The number of rotatable bonds is 4. The Bertz CT molecular complexity index is 732. The molecular formula is C18H17ClF3NO. The van der Waals surface area contributed by atoms with Crippen molar-refractivity contribution >= 4 is 11.6 Å². The van der Waals surface area contributed by atoms with Gasteiger partial charge >= 0.3 is 0 Å². The van der Waals surface area contributed by atoms with Crippen LogP contribution < -0.4 is 10.1 Å². The van der Waals surface area contributed by atoms with Gasteiger partial charge in [0.1, 0.15) is 23.3 Å². The van der Waals surface area contributed by atoms with Crippen molar-refractivity contribution in [1.29, 1.82) is 0 Å². The maximum absolute atomic E-state index is 13.8. The lowest BCUT2D eigenvalue weighted by Crippen LogP contribution is -2.27. The van der Waals surface area contributed by atoms with Gasteiger partial charge in [-0.25, -0.2) is 13.2 Å². The average molecular weight is 356 g/mol. The lowest BCUT2D eigenvalue weighted by atomic mass is 9.87. The van der Waals surface area contributed by atoms with E-state index < -0.39 is 11.6 Å². The van der Waals surface area contributed by atoms with Gasteiger partial charge in [0, 0.05) is 0 Å². The summed E-state index contributed by atoms with van der Waals surface area (Å²) in [4.78, 5) is 0. The Morgan fingerprint density at radius 3 is 2.50 bits per heavy atom. The third-order valence-electron chi connectivity index (χ3n) is 4.26. The Kier molecular flexibility index (Phi) is 5.31. The van der Waals surface area contributed by atoms with Crippen LogP contribution in [0.4, 0.5) is 13.2 Å². The Morgan fingerprint density at radius 1 is 1.04 bits per heavy atom. The second-order valence-corrected chi connectivity index (χ2v) is 6.21. The van der Waals surface area contributed by atoms with Crippen LogP contribution in [0, 0.1) is 17.5 Å². The van der Waals surface area contributed by atoms with Gasteiger partial charge in [-0.15, -0.1) is 0 Å². The first-order valence-electron chi connectivity index (χ1n) is 7.81. The molecule has 0 unspecified atom stereocenters. The van der Waals surface area contributed by atoms with Crippen molar-refractivity contribution in [3.05, 3.63) is 63.9 Å². The Labute approximate surface area is 143 Å².